The largest absolute Gasteiger partial charge is 0.481 e. The summed E-state index contributed by atoms with van der Waals surface area (Å²) in [6.07, 6.45) is 3.58. The van der Waals surface area contributed by atoms with Gasteiger partial charge in [-0.15, -0.1) is 0 Å². The Hall–Kier alpha value is -0.610. The van der Waals surface area contributed by atoms with Gasteiger partial charge >= 0.3 is 5.97 Å². The number of aliphatic carboxylic acids is 1. The third-order valence-corrected chi connectivity index (χ3v) is 3.24. The molecule has 4 atom stereocenters. The van der Waals surface area contributed by atoms with Crippen LogP contribution >= 0.6 is 0 Å². The molecule has 0 spiro atoms. The Morgan fingerprint density at radius 1 is 1.50 bits per heavy atom. The van der Waals surface area contributed by atoms with Gasteiger partial charge in [-0.1, -0.05) is 13.3 Å². The first-order valence-electron chi connectivity index (χ1n) is 6.11. The fourth-order valence-corrected chi connectivity index (χ4v) is 2.19. The number of rotatable bonds is 6. The normalized spacial score (nSPS) is 28.9. The van der Waals surface area contributed by atoms with Gasteiger partial charge < -0.3 is 14.9 Å². The van der Waals surface area contributed by atoms with Gasteiger partial charge in [-0.05, 0) is 32.6 Å². The predicted molar refractivity (Wildman–Crippen MR) is 60.2 cm³/mol. The lowest BCUT2D eigenvalue weighted by Gasteiger charge is -2.18. The Morgan fingerprint density at radius 2 is 2.19 bits per heavy atom. The molecule has 0 saturated carbocycles. The van der Waals surface area contributed by atoms with Crippen LogP contribution in [0.4, 0.5) is 0 Å². The summed E-state index contributed by atoms with van der Waals surface area (Å²) in [6.45, 7) is 3.71. The van der Waals surface area contributed by atoms with E-state index in [4.69, 9.17) is 9.84 Å². The highest BCUT2D eigenvalue weighted by Crippen LogP contribution is 2.28. The van der Waals surface area contributed by atoms with Crippen molar-refractivity contribution in [2.75, 3.05) is 0 Å². The molecule has 1 fully saturated rings. The first-order chi connectivity index (χ1) is 7.54. The molecule has 2 unspecified atom stereocenters. The van der Waals surface area contributed by atoms with E-state index in [1.165, 1.54) is 0 Å². The van der Waals surface area contributed by atoms with Crippen molar-refractivity contribution in [2.45, 2.75) is 64.3 Å². The predicted octanol–water partition coefficient (Wildman–Crippen LogP) is 1.81. The number of hydrogen-bond donors (Lipinski definition) is 2. The number of aliphatic hydroxyl groups excluding tert-OH is 1. The van der Waals surface area contributed by atoms with Crippen LogP contribution in [0.2, 0.25) is 0 Å². The standard InChI is InChI=1S/C12H22O4/c1-3-4-9(13)7-10-5-6-11(16-10)8(2)12(14)15/h8-11,13H,3-7H2,1-2H3,(H,14,15)/t8?,9-,10-,11?/m0/s1. The molecule has 1 rings (SSSR count). The Balaban J connectivity index is 2.32. The van der Waals surface area contributed by atoms with Crippen LogP contribution in [0, 0.1) is 5.92 Å². The smallest absolute Gasteiger partial charge is 0.308 e. The average molecular weight is 230 g/mol. The van der Waals surface area contributed by atoms with E-state index in [0.717, 1.165) is 25.7 Å². The fraction of sp³-hybridized carbons (Fsp3) is 0.917. The molecular formula is C12H22O4. The molecule has 0 radical (unpaired) electrons. The third kappa shape index (κ3) is 3.76. The molecule has 0 amide bonds. The Bertz CT molecular complexity index is 229. The van der Waals surface area contributed by atoms with Gasteiger partial charge in [0.15, 0.2) is 0 Å². The van der Waals surface area contributed by atoms with Crippen molar-refractivity contribution in [3.05, 3.63) is 0 Å². The lowest BCUT2D eigenvalue weighted by atomic mass is 10.0. The zero-order valence-electron chi connectivity index (χ0n) is 10.1. The van der Waals surface area contributed by atoms with Crippen molar-refractivity contribution in [3.8, 4) is 0 Å². The summed E-state index contributed by atoms with van der Waals surface area (Å²) in [5.41, 5.74) is 0. The van der Waals surface area contributed by atoms with Crippen LogP contribution in [0.1, 0.15) is 46.0 Å². The molecule has 4 heteroatoms. The van der Waals surface area contributed by atoms with E-state index in [-0.39, 0.29) is 18.3 Å². The zero-order chi connectivity index (χ0) is 12.1. The quantitative estimate of drug-likeness (QED) is 0.730. The second-order valence-electron chi connectivity index (χ2n) is 4.68. The molecule has 2 N–H and O–H groups in total. The van der Waals surface area contributed by atoms with Crippen LogP contribution in [0.5, 0.6) is 0 Å². The van der Waals surface area contributed by atoms with Crippen LogP contribution in [-0.2, 0) is 9.53 Å². The van der Waals surface area contributed by atoms with Gasteiger partial charge in [-0.2, -0.15) is 0 Å². The van der Waals surface area contributed by atoms with Gasteiger partial charge in [0.2, 0.25) is 0 Å². The number of ether oxygens (including phenoxy) is 1. The van der Waals surface area contributed by atoms with Crippen molar-refractivity contribution in [1.29, 1.82) is 0 Å². The summed E-state index contributed by atoms with van der Waals surface area (Å²) >= 11 is 0. The van der Waals surface area contributed by atoms with Gasteiger partial charge in [-0.3, -0.25) is 4.79 Å². The van der Waals surface area contributed by atoms with Crippen molar-refractivity contribution < 1.29 is 19.7 Å². The highest BCUT2D eigenvalue weighted by atomic mass is 16.5. The summed E-state index contributed by atoms with van der Waals surface area (Å²) in [6, 6.07) is 0. The van der Waals surface area contributed by atoms with Gasteiger partial charge in [0.05, 0.1) is 24.2 Å². The van der Waals surface area contributed by atoms with Gasteiger partial charge in [0, 0.05) is 0 Å². The van der Waals surface area contributed by atoms with E-state index in [1.54, 1.807) is 6.92 Å². The Morgan fingerprint density at radius 3 is 2.75 bits per heavy atom. The van der Waals surface area contributed by atoms with Crippen LogP contribution in [0.15, 0.2) is 0 Å². The molecule has 1 saturated heterocycles. The Labute approximate surface area is 96.6 Å². The fourth-order valence-electron chi connectivity index (χ4n) is 2.19. The molecule has 0 aliphatic carbocycles. The van der Waals surface area contributed by atoms with Crippen LogP contribution in [0.3, 0.4) is 0 Å². The lowest BCUT2D eigenvalue weighted by Crippen LogP contribution is -2.26. The molecule has 0 aromatic carbocycles. The molecule has 1 aliphatic heterocycles. The van der Waals surface area contributed by atoms with E-state index in [0.29, 0.717) is 6.42 Å². The van der Waals surface area contributed by atoms with Crippen molar-refractivity contribution >= 4 is 5.97 Å². The molecule has 1 aliphatic rings. The van der Waals surface area contributed by atoms with E-state index in [9.17, 15) is 9.90 Å². The molecule has 0 aromatic rings. The summed E-state index contributed by atoms with van der Waals surface area (Å²) < 4.78 is 5.66. The minimum absolute atomic E-state index is 0.0355. The maximum absolute atomic E-state index is 10.8. The van der Waals surface area contributed by atoms with E-state index in [1.807, 2.05) is 6.92 Å². The van der Waals surface area contributed by atoms with E-state index in [2.05, 4.69) is 0 Å². The molecule has 1 heterocycles. The Kier molecular flexibility index (Phi) is 5.22. The van der Waals surface area contributed by atoms with Gasteiger partial charge in [0.1, 0.15) is 0 Å². The number of carboxylic acid groups (broad SMARTS) is 1. The number of hydrogen-bond acceptors (Lipinski definition) is 3. The monoisotopic (exact) mass is 230 g/mol. The molecule has 4 nitrogen and oxygen atoms in total. The van der Waals surface area contributed by atoms with Crippen molar-refractivity contribution in [3.63, 3.8) is 0 Å². The van der Waals surface area contributed by atoms with Crippen LogP contribution in [0.25, 0.3) is 0 Å². The summed E-state index contributed by atoms with van der Waals surface area (Å²) in [5, 5.41) is 18.5. The van der Waals surface area contributed by atoms with Crippen LogP contribution in [-0.4, -0.2) is 34.5 Å². The SMILES string of the molecule is CCC[C@H](O)C[C@@H]1CCC(C(C)C(=O)O)O1. The van der Waals surface area contributed by atoms with E-state index >= 15 is 0 Å². The van der Waals surface area contributed by atoms with Crippen molar-refractivity contribution in [1.82, 2.24) is 0 Å². The molecular weight excluding hydrogens is 208 g/mol. The lowest BCUT2D eigenvalue weighted by molar-refractivity contribution is -0.146. The first-order valence-corrected chi connectivity index (χ1v) is 6.11. The second kappa shape index (κ2) is 6.21. The minimum atomic E-state index is -0.806. The first kappa shape index (κ1) is 13.5. The maximum atomic E-state index is 10.8. The highest BCUT2D eigenvalue weighted by Gasteiger charge is 2.33. The number of carbonyl (C=O) groups is 1. The summed E-state index contributed by atoms with van der Waals surface area (Å²) in [4.78, 5) is 10.8. The van der Waals surface area contributed by atoms with E-state index < -0.39 is 11.9 Å². The highest BCUT2D eigenvalue weighted by molar-refractivity contribution is 5.70. The molecule has 0 aromatic heterocycles. The molecule has 94 valence electrons. The minimum Gasteiger partial charge on any atom is -0.481 e. The molecule has 0 bridgehead atoms. The van der Waals surface area contributed by atoms with Gasteiger partial charge in [-0.25, -0.2) is 0 Å². The third-order valence-electron chi connectivity index (χ3n) is 3.24. The topological polar surface area (TPSA) is 66.8 Å². The zero-order valence-corrected chi connectivity index (χ0v) is 10.1. The van der Waals surface area contributed by atoms with Crippen molar-refractivity contribution in [2.24, 2.45) is 5.92 Å². The van der Waals surface area contributed by atoms with Crippen LogP contribution < -0.4 is 0 Å². The summed E-state index contributed by atoms with van der Waals surface area (Å²) in [7, 11) is 0. The summed E-state index contributed by atoms with van der Waals surface area (Å²) in [5.74, 6) is -1.26. The van der Waals surface area contributed by atoms with Gasteiger partial charge in [0.25, 0.3) is 0 Å². The second-order valence-corrected chi connectivity index (χ2v) is 4.68. The molecule has 16 heavy (non-hydrogen) atoms. The number of carboxylic acids is 1. The number of aliphatic hydroxyl groups is 1. The average Bonchev–Trinajstić information content (AvgIpc) is 2.65. The maximum Gasteiger partial charge on any atom is 0.308 e.